The number of amides is 2. The summed E-state index contributed by atoms with van der Waals surface area (Å²) in [5, 5.41) is 5.64. The van der Waals surface area contributed by atoms with Gasteiger partial charge in [0, 0.05) is 17.8 Å². The van der Waals surface area contributed by atoms with Gasteiger partial charge < -0.3 is 20.1 Å². The Balaban J connectivity index is 1.63. The lowest BCUT2D eigenvalue weighted by Gasteiger charge is -2.12. The molecule has 0 atom stereocenters. The third-order valence-electron chi connectivity index (χ3n) is 4.12. The zero-order valence-corrected chi connectivity index (χ0v) is 14.2. The summed E-state index contributed by atoms with van der Waals surface area (Å²) in [5.74, 6) is 1.18. The van der Waals surface area contributed by atoms with Crippen LogP contribution in [0, 0.1) is 0 Å². The molecule has 6 nitrogen and oxygen atoms in total. The number of ether oxygens (including phenoxy) is 2. The Kier molecular flexibility index (Phi) is 4.88. The Hall–Kier alpha value is -3.02. The molecule has 0 bridgehead atoms. The first kappa shape index (κ1) is 16.8. The molecule has 1 aliphatic rings. The Morgan fingerprint density at radius 3 is 2.80 bits per heavy atom. The van der Waals surface area contributed by atoms with Gasteiger partial charge in [-0.25, -0.2) is 0 Å². The van der Waals surface area contributed by atoms with Crippen LogP contribution >= 0.6 is 0 Å². The molecule has 0 unspecified atom stereocenters. The molecular formula is C19H20N2O4. The third-order valence-corrected chi connectivity index (χ3v) is 4.12. The van der Waals surface area contributed by atoms with E-state index in [2.05, 4.69) is 10.6 Å². The fourth-order valence-electron chi connectivity index (χ4n) is 2.93. The zero-order valence-electron chi connectivity index (χ0n) is 14.2. The molecule has 0 fully saturated rings. The lowest BCUT2D eigenvalue weighted by molar-refractivity contribution is -0.116. The van der Waals surface area contributed by atoms with Crippen molar-refractivity contribution in [1.82, 2.24) is 0 Å². The van der Waals surface area contributed by atoms with E-state index in [0.717, 1.165) is 16.8 Å². The molecule has 2 N–H and O–H groups in total. The monoisotopic (exact) mass is 340 g/mol. The first-order valence-electron chi connectivity index (χ1n) is 8.03. The van der Waals surface area contributed by atoms with Crippen LogP contribution in [0.2, 0.25) is 0 Å². The number of methoxy groups -OCH3 is 2. The Morgan fingerprint density at radius 1 is 1.20 bits per heavy atom. The van der Waals surface area contributed by atoms with Gasteiger partial charge in [0.15, 0.2) is 11.5 Å². The van der Waals surface area contributed by atoms with Crippen LogP contribution in [0.15, 0.2) is 36.4 Å². The van der Waals surface area contributed by atoms with Crippen LogP contribution in [0.25, 0.3) is 0 Å². The van der Waals surface area contributed by atoms with Crippen molar-refractivity contribution in [2.45, 2.75) is 19.3 Å². The minimum Gasteiger partial charge on any atom is -0.493 e. The topological polar surface area (TPSA) is 76.7 Å². The van der Waals surface area contributed by atoms with Gasteiger partial charge in [-0.3, -0.25) is 9.59 Å². The average molecular weight is 340 g/mol. The van der Waals surface area contributed by atoms with E-state index in [1.807, 2.05) is 24.3 Å². The van der Waals surface area contributed by atoms with E-state index < -0.39 is 0 Å². The number of rotatable bonds is 6. The maximum Gasteiger partial charge on any atom is 0.228 e. The fraction of sp³-hybridized carbons (Fsp3) is 0.263. The highest BCUT2D eigenvalue weighted by molar-refractivity contribution is 6.00. The summed E-state index contributed by atoms with van der Waals surface area (Å²) in [6, 6.07) is 11.0. The Labute approximate surface area is 146 Å². The molecule has 0 radical (unpaired) electrons. The Morgan fingerprint density at radius 2 is 2.04 bits per heavy atom. The molecule has 6 heteroatoms. The fourth-order valence-corrected chi connectivity index (χ4v) is 2.93. The van der Waals surface area contributed by atoms with Crippen LogP contribution in [0.5, 0.6) is 11.5 Å². The molecule has 3 rings (SSSR count). The SMILES string of the molecule is COc1cccc(CCC(=O)Nc2ccc3c(c2)CC(=O)N3)c1OC. The molecule has 25 heavy (non-hydrogen) atoms. The van der Waals surface area contributed by atoms with E-state index in [-0.39, 0.29) is 11.8 Å². The molecule has 130 valence electrons. The molecule has 1 heterocycles. The van der Waals surface area contributed by atoms with Crippen molar-refractivity contribution in [1.29, 1.82) is 0 Å². The Bertz CT molecular complexity index is 817. The number of nitrogens with one attached hydrogen (secondary N) is 2. The van der Waals surface area contributed by atoms with E-state index in [1.165, 1.54) is 0 Å². The molecule has 0 spiro atoms. The lowest BCUT2D eigenvalue weighted by atomic mass is 10.1. The lowest BCUT2D eigenvalue weighted by Crippen LogP contribution is -2.12. The third kappa shape index (κ3) is 3.74. The van der Waals surface area contributed by atoms with Crippen LogP contribution < -0.4 is 20.1 Å². The van der Waals surface area contributed by atoms with E-state index in [9.17, 15) is 9.59 Å². The quantitative estimate of drug-likeness (QED) is 0.848. The number of anilines is 2. The second-order valence-corrected chi connectivity index (χ2v) is 5.80. The van der Waals surface area contributed by atoms with Gasteiger partial charge in [-0.1, -0.05) is 12.1 Å². The standard InChI is InChI=1S/C19H20N2O4/c1-24-16-5-3-4-12(19(16)25-2)6-9-17(22)20-14-7-8-15-13(10-14)11-18(23)21-15/h3-5,7-8,10H,6,9,11H2,1-2H3,(H,20,22)(H,21,23). The maximum absolute atomic E-state index is 12.2. The number of aryl methyl sites for hydroxylation is 1. The van der Waals surface area contributed by atoms with Crippen molar-refractivity contribution in [3.8, 4) is 11.5 Å². The maximum atomic E-state index is 12.2. The predicted molar refractivity (Wildman–Crippen MR) is 95.3 cm³/mol. The van der Waals surface area contributed by atoms with Crippen LogP contribution in [-0.2, 0) is 22.4 Å². The number of para-hydroxylation sites is 1. The number of hydrogen-bond acceptors (Lipinski definition) is 4. The summed E-state index contributed by atoms with van der Waals surface area (Å²) in [6.07, 6.45) is 1.20. The van der Waals surface area contributed by atoms with E-state index >= 15 is 0 Å². The van der Waals surface area contributed by atoms with Crippen LogP contribution in [0.1, 0.15) is 17.5 Å². The van der Waals surface area contributed by atoms with Gasteiger partial charge in [-0.2, -0.15) is 0 Å². The van der Waals surface area contributed by atoms with E-state index in [1.54, 1.807) is 26.4 Å². The molecule has 0 saturated carbocycles. The van der Waals surface area contributed by atoms with Crippen LogP contribution in [-0.4, -0.2) is 26.0 Å². The highest BCUT2D eigenvalue weighted by atomic mass is 16.5. The van der Waals surface area contributed by atoms with Gasteiger partial charge in [0.25, 0.3) is 0 Å². The van der Waals surface area contributed by atoms with Gasteiger partial charge in [0.2, 0.25) is 11.8 Å². The van der Waals surface area contributed by atoms with Gasteiger partial charge in [-0.15, -0.1) is 0 Å². The summed E-state index contributed by atoms with van der Waals surface area (Å²) in [5.41, 5.74) is 3.32. The summed E-state index contributed by atoms with van der Waals surface area (Å²) in [6.45, 7) is 0. The summed E-state index contributed by atoms with van der Waals surface area (Å²) < 4.78 is 10.7. The van der Waals surface area contributed by atoms with Crippen LogP contribution in [0.3, 0.4) is 0 Å². The minimum atomic E-state index is -0.0953. The number of hydrogen-bond donors (Lipinski definition) is 2. The molecule has 0 saturated heterocycles. The predicted octanol–water partition coefficient (Wildman–Crippen LogP) is 2.77. The minimum absolute atomic E-state index is 0.0244. The van der Waals surface area contributed by atoms with Crippen molar-refractivity contribution in [2.75, 3.05) is 24.9 Å². The van der Waals surface area contributed by atoms with E-state index in [0.29, 0.717) is 36.4 Å². The summed E-state index contributed by atoms with van der Waals surface area (Å²) in [4.78, 5) is 23.6. The van der Waals surface area contributed by atoms with Crippen molar-refractivity contribution >= 4 is 23.2 Å². The molecular weight excluding hydrogens is 320 g/mol. The summed E-state index contributed by atoms with van der Waals surface area (Å²) in [7, 11) is 3.17. The van der Waals surface area contributed by atoms with Gasteiger partial charge in [-0.05, 0) is 41.8 Å². The molecule has 0 aliphatic carbocycles. The molecule has 1 aliphatic heterocycles. The number of benzene rings is 2. The second-order valence-electron chi connectivity index (χ2n) is 5.80. The first-order chi connectivity index (χ1) is 12.1. The highest BCUT2D eigenvalue weighted by Crippen LogP contribution is 2.31. The van der Waals surface area contributed by atoms with Crippen molar-refractivity contribution in [3.05, 3.63) is 47.5 Å². The number of fused-ring (bicyclic) bond motifs is 1. The molecule has 2 aromatic rings. The van der Waals surface area contributed by atoms with Crippen molar-refractivity contribution in [2.24, 2.45) is 0 Å². The van der Waals surface area contributed by atoms with Crippen LogP contribution in [0.4, 0.5) is 11.4 Å². The van der Waals surface area contributed by atoms with Crippen molar-refractivity contribution in [3.63, 3.8) is 0 Å². The second kappa shape index (κ2) is 7.25. The smallest absolute Gasteiger partial charge is 0.228 e. The van der Waals surface area contributed by atoms with E-state index in [4.69, 9.17) is 9.47 Å². The summed E-state index contributed by atoms with van der Waals surface area (Å²) >= 11 is 0. The van der Waals surface area contributed by atoms with Gasteiger partial charge in [0.05, 0.1) is 20.6 Å². The number of carbonyl (C=O) groups is 2. The average Bonchev–Trinajstić information content (AvgIpc) is 2.98. The largest absolute Gasteiger partial charge is 0.493 e. The molecule has 2 aromatic carbocycles. The molecule has 0 aromatic heterocycles. The molecule has 2 amide bonds. The van der Waals surface area contributed by atoms with Crippen molar-refractivity contribution < 1.29 is 19.1 Å². The number of carbonyl (C=O) groups excluding carboxylic acids is 2. The normalized spacial score (nSPS) is 12.3. The van der Waals surface area contributed by atoms with Gasteiger partial charge >= 0.3 is 0 Å². The highest BCUT2D eigenvalue weighted by Gasteiger charge is 2.18. The zero-order chi connectivity index (χ0) is 17.8. The first-order valence-corrected chi connectivity index (χ1v) is 8.03. The van der Waals surface area contributed by atoms with Gasteiger partial charge in [0.1, 0.15) is 0 Å².